The van der Waals surface area contributed by atoms with Crippen molar-refractivity contribution in [2.45, 2.75) is 19.4 Å². The van der Waals surface area contributed by atoms with Crippen LogP contribution in [-0.4, -0.2) is 16.0 Å². The summed E-state index contributed by atoms with van der Waals surface area (Å²) >= 11 is 3.10. The Hall–Kier alpha value is -1.59. The summed E-state index contributed by atoms with van der Waals surface area (Å²) in [4.78, 5) is 28.0. The molecule has 0 spiro atoms. The molecule has 0 aliphatic heterocycles. The van der Waals surface area contributed by atoms with Crippen molar-refractivity contribution >= 4 is 27.7 Å². The monoisotopic (exact) mass is 285 g/mol. The molecular weight excluding hydrogens is 278 g/mol. The summed E-state index contributed by atoms with van der Waals surface area (Å²) < 4.78 is 0.494. The maximum atomic E-state index is 10.8. The highest BCUT2D eigenvalue weighted by molar-refractivity contribution is 9.10. The van der Waals surface area contributed by atoms with Crippen LogP contribution in [0.2, 0.25) is 0 Å². The predicted octanol–water partition coefficient (Wildman–Crippen LogP) is 2.32. The number of nitrogens with zero attached hydrogens (tertiary/aromatic N) is 3. The van der Waals surface area contributed by atoms with Gasteiger partial charge in [-0.3, -0.25) is 15.1 Å². The molecule has 0 amide bonds. The first-order valence-electron chi connectivity index (χ1n) is 4.28. The molecule has 0 fully saturated rings. The normalized spacial score (nSPS) is 10.7. The second-order valence-corrected chi connectivity index (χ2v) is 4.46. The van der Waals surface area contributed by atoms with Crippen molar-refractivity contribution in [3.05, 3.63) is 32.5 Å². The Kier molecular flexibility index (Phi) is 3.51. The second kappa shape index (κ2) is 4.51. The van der Waals surface area contributed by atoms with E-state index in [1.54, 1.807) is 13.8 Å². The van der Waals surface area contributed by atoms with E-state index < -0.39 is 10.5 Å². The first kappa shape index (κ1) is 12.5. The third-order valence-corrected chi connectivity index (χ3v) is 2.37. The number of aromatic nitrogens is 1. The van der Waals surface area contributed by atoms with E-state index in [2.05, 4.69) is 25.9 Å². The third kappa shape index (κ3) is 2.50. The van der Waals surface area contributed by atoms with Gasteiger partial charge in [0.1, 0.15) is 11.2 Å². The lowest BCUT2D eigenvalue weighted by Gasteiger charge is -2.16. The molecule has 0 aliphatic rings. The lowest BCUT2D eigenvalue weighted by atomic mass is 9.99. The van der Waals surface area contributed by atoms with Crippen molar-refractivity contribution in [3.63, 3.8) is 0 Å². The number of hydrogen-bond donors (Lipinski definition) is 0. The number of pyridine rings is 1. The molecule has 0 aromatic carbocycles. The van der Waals surface area contributed by atoms with Crippen LogP contribution in [0.4, 0.5) is 5.69 Å². The van der Waals surface area contributed by atoms with Gasteiger partial charge in [0, 0.05) is 16.7 Å². The minimum atomic E-state index is -1.06. The van der Waals surface area contributed by atoms with E-state index in [1.807, 2.05) is 0 Å². The van der Waals surface area contributed by atoms with Crippen LogP contribution in [0.25, 0.3) is 0 Å². The second-order valence-electron chi connectivity index (χ2n) is 3.54. The molecule has 1 heterocycles. The summed E-state index contributed by atoms with van der Waals surface area (Å²) in [5.41, 5.74) is -1.12. The van der Waals surface area contributed by atoms with E-state index in [0.29, 0.717) is 4.47 Å². The van der Waals surface area contributed by atoms with Gasteiger partial charge in [0.05, 0.1) is 4.92 Å². The van der Waals surface area contributed by atoms with Gasteiger partial charge in [0.15, 0.2) is 0 Å². The first-order chi connectivity index (χ1) is 7.38. The average Bonchev–Trinajstić information content (AvgIpc) is 2.16. The number of rotatable bonds is 3. The van der Waals surface area contributed by atoms with Crippen molar-refractivity contribution in [2.75, 3.05) is 0 Å². The summed E-state index contributed by atoms with van der Waals surface area (Å²) in [5.74, 6) is 0. The topological polar surface area (TPSA) is 85.5 Å². The third-order valence-electron chi connectivity index (χ3n) is 1.94. The molecule has 0 saturated carbocycles. The van der Waals surface area contributed by atoms with Crippen LogP contribution in [0.5, 0.6) is 0 Å². The minimum absolute atomic E-state index is 0.129. The highest BCUT2D eigenvalue weighted by Gasteiger charge is 2.30. The van der Waals surface area contributed by atoms with Gasteiger partial charge in [-0.1, -0.05) is 0 Å². The molecule has 16 heavy (non-hydrogen) atoms. The smallest absolute Gasteiger partial charge is 0.258 e. The molecule has 0 radical (unpaired) electrons. The van der Waals surface area contributed by atoms with Crippen LogP contribution in [0.1, 0.15) is 19.5 Å². The van der Waals surface area contributed by atoms with Crippen LogP contribution in [-0.2, 0) is 10.3 Å². The van der Waals surface area contributed by atoms with Gasteiger partial charge in [-0.2, -0.15) is 4.99 Å². The molecule has 6 nitrogen and oxygen atoms in total. The summed E-state index contributed by atoms with van der Waals surface area (Å²) in [5, 5.41) is 10.8. The van der Waals surface area contributed by atoms with Gasteiger partial charge in [-0.15, -0.1) is 0 Å². The molecule has 1 aromatic rings. The van der Waals surface area contributed by atoms with Crippen LogP contribution in [0.15, 0.2) is 21.7 Å². The minimum Gasteiger partial charge on any atom is -0.258 e. The van der Waals surface area contributed by atoms with Crippen molar-refractivity contribution in [2.24, 2.45) is 4.99 Å². The van der Waals surface area contributed by atoms with Gasteiger partial charge in [0.2, 0.25) is 6.08 Å². The van der Waals surface area contributed by atoms with E-state index in [-0.39, 0.29) is 11.4 Å². The van der Waals surface area contributed by atoms with E-state index in [1.165, 1.54) is 18.3 Å². The summed E-state index contributed by atoms with van der Waals surface area (Å²) in [6.45, 7) is 3.11. The maximum absolute atomic E-state index is 10.8. The Bertz CT molecular complexity index is 481. The van der Waals surface area contributed by atoms with E-state index in [0.717, 1.165) is 0 Å². The fourth-order valence-electron chi connectivity index (χ4n) is 1.21. The molecule has 0 bridgehead atoms. The molecule has 0 aliphatic carbocycles. The van der Waals surface area contributed by atoms with E-state index in [4.69, 9.17) is 0 Å². The number of aliphatic imine (C=N–C) groups is 1. The number of isocyanates is 1. The number of hydrogen-bond acceptors (Lipinski definition) is 5. The molecule has 84 valence electrons. The molecule has 0 atom stereocenters. The van der Waals surface area contributed by atoms with Crippen molar-refractivity contribution in [1.29, 1.82) is 0 Å². The zero-order valence-corrected chi connectivity index (χ0v) is 10.2. The fourth-order valence-corrected chi connectivity index (χ4v) is 1.53. The SMILES string of the molecule is CC(C)(N=C=O)c1ncc(Br)cc1[N+](=O)[O-]. The standard InChI is InChI=1S/C9H8BrN3O3/c1-9(2,12-5-14)8-7(13(15)16)3-6(10)4-11-8/h3-4H,1-2H3. The van der Waals surface area contributed by atoms with Crippen LogP contribution in [0, 0.1) is 10.1 Å². The van der Waals surface area contributed by atoms with Gasteiger partial charge in [-0.05, 0) is 29.8 Å². The van der Waals surface area contributed by atoms with Crippen molar-refractivity contribution in [3.8, 4) is 0 Å². The summed E-state index contributed by atoms with van der Waals surface area (Å²) in [6, 6.07) is 1.32. The fraction of sp³-hybridized carbons (Fsp3) is 0.333. The zero-order chi connectivity index (χ0) is 12.3. The van der Waals surface area contributed by atoms with Gasteiger partial charge in [0.25, 0.3) is 5.69 Å². The lowest BCUT2D eigenvalue weighted by molar-refractivity contribution is -0.386. The number of halogens is 1. The first-order valence-corrected chi connectivity index (χ1v) is 5.07. The number of carbonyl (C=O) groups excluding carboxylic acids is 1. The highest BCUT2D eigenvalue weighted by Crippen LogP contribution is 2.31. The van der Waals surface area contributed by atoms with Gasteiger partial charge < -0.3 is 0 Å². The van der Waals surface area contributed by atoms with Gasteiger partial charge >= 0.3 is 0 Å². The van der Waals surface area contributed by atoms with Crippen molar-refractivity contribution in [1.82, 2.24) is 4.98 Å². The van der Waals surface area contributed by atoms with E-state index in [9.17, 15) is 14.9 Å². The van der Waals surface area contributed by atoms with E-state index >= 15 is 0 Å². The Morgan fingerprint density at radius 2 is 2.25 bits per heavy atom. The molecule has 1 aromatic heterocycles. The molecule has 0 N–H and O–H groups in total. The Labute approximate surface area is 99.7 Å². The quantitative estimate of drug-likeness (QED) is 0.369. The van der Waals surface area contributed by atoms with Crippen LogP contribution >= 0.6 is 15.9 Å². The Balaban J connectivity index is 3.44. The molecule has 7 heteroatoms. The molecule has 0 saturated heterocycles. The largest absolute Gasteiger partial charge is 0.294 e. The Morgan fingerprint density at radius 3 is 2.75 bits per heavy atom. The summed E-state index contributed by atoms with van der Waals surface area (Å²) in [6.07, 6.45) is 2.81. The summed E-state index contributed by atoms with van der Waals surface area (Å²) in [7, 11) is 0. The molecule has 0 unspecified atom stereocenters. The highest BCUT2D eigenvalue weighted by atomic mass is 79.9. The van der Waals surface area contributed by atoms with Crippen LogP contribution in [0.3, 0.4) is 0 Å². The van der Waals surface area contributed by atoms with Crippen LogP contribution < -0.4 is 0 Å². The maximum Gasteiger partial charge on any atom is 0.294 e. The lowest BCUT2D eigenvalue weighted by Crippen LogP contribution is -2.17. The predicted molar refractivity (Wildman–Crippen MR) is 59.7 cm³/mol. The van der Waals surface area contributed by atoms with Crippen molar-refractivity contribution < 1.29 is 9.72 Å². The number of nitro groups is 1. The molecular formula is C9H8BrN3O3. The molecule has 1 rings (SSSR count). The van der Waals surface area contributed by atoms with Gasteiger partial charge in [-0.25, -0.2) is 4.79 Å². The Morgan fingerprint density at radius 1 is 1.62 bits per heavy atom. The zero-order valence-electron chi connectivity index (χ0n) is 8.60. The average molecular weight is 286 g/mol.